The topological polar surface area (TPSA) is 49.7 Å². The third-order valence-electron chi connectivity index (χ3n) is 7.26. The van der Waals surface area contributed by atoms with E-state index in [-0.39, 0.29) is 17.4 Å². The van der Waals surface area contributed by atoms with Gasteiger partial charge in [0, 0.05) is 11.8 Å². The molecule has 0 unspecified atom stereocenters. The van der Waals surface area contributed by atoms with Crippen molar-refractivity contribution in [3.8, 4) is 5.69 Å². The lowest BCUT2D eigenvalue weighted by molar-refractivity contribution is 0.00578. The van der Waals surface area contributed by atoms with Gasteiger partial charge in [-0.3, -0.25) is 9.36 Å². The number of fused-ring (bicyclic) bond motifs is 1. The molecule has 0 aliphatic carbocycles. The first-order valence-corrected chi connectivity index (χ1v) is 12.3. The van der Waals surface area contributed by atoms with Crippen LogP contribution in [0.2, 0.25) is 0 Å². The van der Waals surface area contributed by atoms with Crippen LogP contribution in [-0.2, 0) is 26.1 Å². The van der Waals surface area contributed by atoms with Crippen LogP contribution in [0.25, 0.3) is 16.5 Å². The molecule has 3 aromatic rings. The predicted molar refractivity (Wildman–Crippen MR) is 144 cm³/mol. The van der Waals surface area contributed by atoms with E-state index < -0.39 is 29.7 Å². The molecule has 1 aliphatic rings. The van der Waals surface area contributed by atoms with Crippen molar-refractivity contribution in [2.45, 2.75) is 71.7 Å². The van der Waals surface area contributed by atoms with Gasteiger partial charge in [0.2, 0.25) is 0 Å². The number of hydrogen-bond acceptors (Lipinski definition) is 4. The molecule has 2 aromatic carbocycles. The molecule has 0 saturated carbocycles. The van der Waals surface area contributed by atoms with E-state index in [1.54, 1.807) is 18.3 Å². The van der Waals surface area contributed by atoms with E-state index in [1.165, 1.54) is 10.6 Å². The molecule has 0 radical (unpaired) electrons. The van der Waals surface area contributed by atoms with Crippen LogP contribution in [0, 0.1) is 5.82 Å². The molecular weight excluding hydrogens is 456 g/mol. The number of rotatable bonds is 6. The molecule has 7 heteroatoms. The smallest absolute Gasteiger partial charge is 0.399 e. The summed E-state index contributed by atoms with van der Waals surface area (Å²) in [5.41, 5.74) is 1.22. The van der Waals surface area contributed by atoms with Gasteiger partial charge in [-0.15, -0.1) is 6.58 Å². The number of nitrogens with zero attached hydrogens (tertiary/aromatic N) is 1. The summed E-state index contributed by atoms with van der Waals surface area (Å²) >= 11 is 0. The van der Waals surface area contributed by atoms with E-state index in [4.69, 9.17) is 14.0 Å². The van der Waals surface area contributed by atoms with Crippen molar-refractivity contribution in [2.75, 3.05) is 6.61 Å². The fourth-order valence-electron chi connectivity index (χ4n) is 4.36. The highest BCUT2D eigenvalue weighted by molar-refractivity contribution is 6.62. The highest BCUT2D eigenvalue weighted by Crippen LogP contribution is 2.37. The number of hydrogen-bond donors (Lipinski definition) is 0. The molecule has 1 fully saturated rings. The van der Waals surface area contributed by atoms with Crippen LogP contribution in [0.4, 0.5) is 4.39 Å². The first kappa shape index (κ1) is 26.3. The zero-order chi connectivity index (χ0) is 26.5. The maximum absolute atomic E-state index is 15.3. The first-order chi connectivity index (χ1) is 16.8. The molecule has 1 aromatic heterocycles. The number of ether oxygens (including phenoxy) is 1. The quantitative estimate of drug-likeness (QED) is 0.262. The Balaban J connectivity index is 1.89. The summed E-state index contributed by atoms with van der Waals surface area (Å²) in [4.78, 5) is 13.6. The first-order valence-electron chi connectivity index (χ1n) is 12.3. The van der Waals surface area contributed by atoms with E-state index in [0.717, 1.165) is 16.6 Å². The zero-order valence-electron chi connectivity index (χ0n) is 22.3. The van der Waals surface area contributed by atoms with E-state index in [9.17, 15) is 4.79 Å². The lowest BCUT2D eigenvalue weighted by atomic mass is 9.75. The van der Waals surface area contributed by atoms with Crippen molar-refractivity contribution in [1.82, 2.24) is 4.57 Å². The molecule has 190 valence electrons. The summed E-state index contributed by atoms with van der Waals surface area (Å²) in [6.45, 7) is 18.3. The largest absolute Gasteiger partial charge is 0.495 e. The monoisotopic (exact) mass is 491 g/mol. The summed E-state index contributed by atoms with van der Waals surface area (Å²) < 4.78 is 35.2. The summed E-state index contributed by atoms with van der Waals surface area (Å²) in [6.07, 6.45) is 3.36. The van der Waals surface area contributed by atoms with Gasteiger partial charge in [0.1, 0.15) is 5.82 Å². The zero-order valence-corrected chi connectivity index (χ0v) is 22.3. The highest BCUT2D eigenvalue weighted by atomic mass is 19.1. The van der Waals surface area contributed by atoms with E-state index >= 15 is 4.39 Å². The van der Waals surface area contributed by atoms with E-state index in [0.29, 0.717) is 17.7 Å². The second kappa shape index (κ2) is 9.29. The Morgan fingerprint density at radius 2 is 1.78 bits per heavy atom. The Bertz CT molecular complexity index is 1350. The molecule has 1 aliphatic heterocycles. The molecule has 0 spiro atoms. The predicted octanol–water partition coefficient (Wildman–Crippen LogP) is 5.43. The lowest BCUT2D eigenvalue weighted by Gasteiger charge is -2.32. The standard InChI is InChI=1S/C29H35BFNO4/c1-9-15-34-18-21-22(30-35-28(5,6)29(7,8)36-30)11-10-12-24(21)32-14-13-19-16-20(27(2,3)4)17-23(31)25(19)26(32)33/h9-14,16-17H,1,15,18H2,2-8H3. The molecular formula is C29H35BFNO4. The molecule has 2 heterocycles. The Hall–Kier alpha value is -2.74. The number of pyridine rings is 1. The minimum Gasteiger partial charge on any atom is -0.399 e. The van der Waals surface area contributed by atoms with Crippen LogP contribution in [0.5, 0.6) is 0 Å². The Kier molecular flexibility index (Phi) is 6.80. The number of halogens is 1. The normalized spacial score (nSPS) is 17.1. The van der Waals surface area contributed by atoms with Gasteiger partial charge in [0.25, 0.3) is 5.56 Å². The van der Waals surface area contributed by atoms with Gasteiger partial charge < -0.3 is 14.0 Å². The Morgan fingerprint density at radius 3 is 2.39 bits per heavy atom. The lowest BCUT2D eigenvalue weighted by Crippen LogP contribution is -2.41. The molecule has 5 nitrogen and oxygen atoms in total. The fourth-order valence-corrected chi connectivity index (χ4v) is 4.36. The number of benzene rings is 2. The third kappa shape index (κ3) is 4.68. The second-order valence-corrected chi connectivity index (χ2v) is 11.4. The summed E-state index contributed by atoms with van der Waals surface area (Å²) in [5.74, 6) is -0.525. The summed E-state index contributed by atoms with van der Waals surface area (Å²) in [5, 5.41) is 0.636. The Labute approximate surface area is 213 Å². The molecule has 0 amide bonds. The fraction of sp³-hybridized carbons (Fsp3) is 0.414. The van der Waals surface area contributed by atoms with Crippen molar-refractivity contribution in [3.05, 3.63) is 82.5 Å². The molecule has 0 atom stereocenters. The average Bonchev–Trinajstić information content (AvgIpc) is 3.00. The van der Waals surface area contributed by atoms with Crippen LogP contribution in [0.3, 0.4) is 0 Å². The Morgan fingerprint density at radius 1 is 1.11 bits per heavy atom. The van der Waals surface area contributed by atoms with Gasteiger partial charge in [-0.2, -0.15) is 0 Å². The SMILES string of the molecule is C=CCOCc1c(B2OC(C)(C)C(C)(C)O2)cccc1-n1ccc2cc(C(C)(C)C)cc(F)c2c1=O. The molecule has 36 heavy (non-hydrogen) atoms. The second-order valence-electron chi connectivity index (χ2n) is 11.4. The summed E-state index contributed by atoms with van der Waals surface area (Å²) in [6, 6.07) is 10.7. The highest BCUT2D eigenvalue weighted by Gasteiger charge is 2.52. The minimum absolute atomic E-state index is 0.0597. The van der Waals surface area contributed by atoms with Crippen molar-refractivity contribution in [2.24, 2.45) is 0 Å². The molecule has 1 saturated heterocycles. The maximum Gasteiger partial charge on any atom is 0.495 e. The van der Waals surface area contributed by atoms with Crippen molar-refractivity contribution in [3.63, 3.8) is 0 Å². The van der Waals surface area contributed by atoms with Crippen molar-refractivity contribution >= 4 is 23.4 Å². The van der Waals surface area contributed by atoms with Gasteiger partial charge in [-0.25, -0.2) is 4.39 Å². The van der Waals surface area contributed by atoms with Gasteiger partial charge in [0.15, 0.2) is 0 Å². The third-order valence-corrected chi connectivity index (χ3v) is 7.26. The average molecular weight is 491 g/mol. The maximum atomic E-state index is 15.3. The van der Waals surface area contributed by atoms with Crippen LogP contribution in [0.1, 0.15) is 59.6 Å². The van der Waals surface area contributed by atoms with Crippen LogP contribution < -0.4 is 11.0 Å². The van der Waals surface area contributed by atoms with Crippen molar-refractivity contribution < 1.29 is 18.4 Å². The van der Waals surface area contributed by atoms with E-state index in [2.05, 4.69) is 6.58 Å². The van der Waals surface area contributed by atoms with Gasteiger partial charge in [0.05, 0.1) is 35.5 Å². The van der Waals surface area contributed by atoms with Crippen LogP contribution >= 0.6 is 0 Å². The van der Waals surface area contributed by atoms with Crippen LogP contribution in [0.15, 0.2) is 60.0 Å². The molecule has 0 N–H and O–H groups in total. The summed E-state index contributed by atoms with van der Waals surface area (Å²) in [7, 11) is -0.639. The van der Waals surface area contributed by atoms with Gasteiger partial charge >= 0.3 is 7.12 Å². The minimum atomic E-state index is -0.639. The number of aromatic nitrogens is 1. The van der Waals surface area contributed by atoms with E-state index in [1.807, 2.05) is 72.7 Å². The van der Waals surface area contributed by atoms with Crippen molar-refractivity contribution in [1.29, 1.82) is 0 Å². The van der Waals surface area contributed by atoms with Gasteiger partial charge in [-0.1, -0.05) is 45.0 Å². The molecule has 0 bridgehead atoms. The van der Waals surface area contributed by atoms with Crippen LogP contribution in [-0.4, -0.2) is 29.5 Å². The molecule has 4 rings (SSSR count). The van der Waals surface area contributed by atoms with Gasteiger partial charge in [-0.05, 0) is 67.7 Å².